The SMILES string of the molecule is COC(=O)c1ccc(N2CCC(c3ccccc3)C2C(N)=O)cc1. The third-order valence-electron chi connectivity index (χ3n) is 4.54. The Hall–Kier alpha value is -2.82. The number of anilines is 1. The summed E-state index contributed by atoms with van der Waals surface area (Å²) in [7, 11) is 1.35. The van der Waals surface area contributed by atoms with Crippen LogP contribution in [-0.4, -0.2) is 31.6 Å². The first-order valence-electron chi connectivity index (χ1n) is 7.91. The van der Waals surface area contributed by atoms with Gasteiger partial charge in [-0.2, -0.15) is 0 Å². The van der Waals surface area contributed by atoms with Crippen LogP contribution in [0.25, 0.3) is 0 Å². The molecule has 1 amide bonds. The molecule has 24 heavy (non-hydrogen) atoms. The van der Waals surface area contributed by atoms with Crippen LogP contribution < -0.4 is 10.6 Å². The molecule has 1 aliphatic heterocycles. The number of carbonyl (C=O) groups is 2. The highest BCUT2D eigenvalue weighted by molar-refractivity contribution is 5.90. The van der Waals surface area contributed by atoms with Crippen LogP contribution in [0.1, 0.15) is 28.3 Å². The van der Waals surface area contributed by atoms with Crippen molar-refractivity contribution in [2.24, 2.45) is 5.73 Å². The van der Waals surface area contributed by atoms with Gasteiger partial charge in [-0.25, -0.2) is 4.79 Å². The molecule has 2 N–H and O–H groups in total. The average Bonchev–Trinajstić information content (AvgIpc) is 3.07. The van der Waals surface area contributed by atoms with Crippen molar-refractivity contribution >= 4 is 17.6 Å². The molecule has 0 radical (unpaired) electrons. The molecule has 0 aromatic heterocycles. The fourth-order valence-electron chi connectivity index (χ4n) is 3.39. The van der Waals surface area contributed by atoms with E-state index in [4.69, 9.17) is 10.5 Å². The summed E-state index contributed by atoms with van der Waals surface area (Å²) in [4.78, 5) is 25.7. The minimum Gasteiger partial charge on any atom is -0.465 e. The van der Waals surface area contributed by atoms with Crippen LogP contribution in [0.3, 0.4) is 0 Å². The van der Waals surface area contributed by atoms with Gasteiger partial charge in [0.1, 0.15) is 6.04 Å². The summed E-state index contributed by atoms with van der Waals surface area (Å²) in [6.45, 7) is 0.741. The summed E-state index contributed by atoms with van der Waals surface area (Å²) in [5.74, 6) is -0.640. The zero-order valence-electron chi connectivity index (χ0n) is 13.5. The Morgan fingerprint density at radius 2 is 1.75 bits per heavy atom. The molecule has 3 rings (SSSR count). The molecule has 5 nitrogen and oxygen atoms in total. The second-order valence-corrected chi connectivity index (χ2v) is 5.88. The number of benzene rings is 2. The highest BCUT2D eigenvalue weighted by atomic mass is 16.5. The van der Waals surface area contributed by atoms with Gasteiger partial charge in [-0.05, 0) is 36.2 Å². The zero-order valence-corrected chi connectivity index (χ0v) is 13.5. The van der Waals surface area contributed by atoms with Crippen molar-refractivity contribution < 1.29 is 14.3 Å². The van der Waals surface area contributed by atoms with Gasteiger partial charge in [-0.1, -0.05) is 30.3 Å². The maximum atomic E-state index is 12.1. The molecular formula is C19H20N2O3. The van der Waals surface area contributed by atoms with E-state index in [1.807, 2.05) is 47.4 Å². The molecule has 0 spiro atoms. The molecule has 1 heterocycles. The first-order valence-corrected chi connectivity index (χ1v) is 7.91. The fraction of sp³-hybridized carbons (Fsp3) is 0.263. The maximum absolute atomic E-state index is 12.1. The standard InChI is InChI=1S/C19H20N2O3/c1-24-19(23)14-7-9-15(10-8-14)21-12-11-16(17(21)18(20)22)13-5-3-2-4-6-13/h2-10,16-17H,11-12H2,1H3,(H2,20,22). The maximum Gasteiger partial charge on any atom is 0.337 e. The number of rotatable bonds is 4. The Bertz CT molecular complexity index is 728. The minimum atomic E-state index is -0.392. The number of ether oxygens (including phenoxy) is 1. The van der Waals surface area contributed by atoms with E-state index in [1.54, 1.807) is 12.1 Å². The number of methoxy groups -OCH3 is 1. The van der Waals surface area contributed by atoms with E-state index in [9.17, 15) is 9.59 Å². The highest BCUT2D eigenvalue weighted by Crippen LogP contribution is 2.36. The lowest BCUT2D eigenvalue weighted by Gasteiger charge is -2.27. The van der Waals surface area contributed by atoms with E-state index < -0.39 is 6.04 Å². The van der Waals surface area contributed by atoms with Gasteiger partial charge in [0.2, 0.25) is 5.91 Å². The summed E-state index contributed by atoms with van der Waals surface area (Å²) < 4.78 is 4.71. The Morgan fingerprint density at radius 3 is 2.33 bits per heavy atom. The third kappa shape index (κ3) is 2.97. The van der Waals surface area contributed by atoms with Crippen molar-refractivity contribution in [3.05, 3.63) is 65.7 Å². The number of hydrogen-bond donors (Lipinski definition) is 1. The Balaban J connectivity index is 1.88. The summed E-state index contributed by atoms with van der Waals surface area (Å²) in [5.41, 5.74) is 8.18. The Labute approximate surface area is 141 Å². The molecule has 2 aromatic carbocycles. The van der Waals surface area contributed by atoms with Crippen molar-refractivity contribution in [3.8, 4) is 0 Å². The van der Waals surface area contributed by atoms with Crippen molar-refractivity contribution in [2.75, 3.05) is 18.6 Å². The van der Waals surface area contributed by atoms with Crippen LogP contribution in [0.2, 0.25) is 0 Å². The monoisotopic (exact) mass is 324 g/mol. The van der Waals surface area contributed by atoms with E-state index in [0.717, 1.165) is 24.2 Å². The van der Waals surface area contributed by atoms with Gasteiger partial charge in [0, 0.05) is 18.2 Å². The Morgan fingerprint density at radius 1 is 1.08 bits per heavy atom. The van der Waals surface area contributed by atoms with Crippen LogP contribution in [0.5, 0.6) is 0 Å². The summed E-state index contributed by atoms with van der Waals surface area (Å²) >= 11 is 0. The molecule has 1 saturated heterocycles. The summed E-state index contributed by atoms with van der Waals surface area (Å²) in [6.07, 6.45) is 0.858. The quantitative estimate of drug-likeness (QED) is 0.876. The molecule has 2 unspecified atom stereocenters. The highest BCUT2D eigenvalue weighted by Gasteiger charge is 2.39. The fourth-order valence-corrected chi connectivity index (χ4v) is 3.39. The van der Waals surface area contributed by atoms with E-state index in [2.05, 4.69) is 0 Å². The normalized spacial score (nSPS) is 20.0. The first-order chi connectivity index (χ1) is 11.6. The molecule has 0 bridgehead atoms. The molecule has 2 aromatic rings. The van der Waals surface area contributed by atoms with Crippen LogP contribution in [0.4, 0.5) is 5.69 Å². The molecule has 0 aliphatic carbocycles. The number of hydrogen-bond acceptors (Lipinski definition) is 4. The molecule has 1 fully saturated rings. The van der Waals surface area contributed by atoms with E-state index in [1.165, 1.54) is 7.11 Å². The van der Waals surface area contributed by atoms with E-state index in [0.29, 0.717) is 5.56 Å². The van der Waals surface area contributed by atoms with E-state index in [-0.39, 0.29) is 17.8 Å². The summed E-state index contributed by atoms with van der Waals surface area (Å²) in [5, 5.41) is 0. The topological polar surface area (TPSA) is 72.6 Å². The van der Waals surface area contributed by atoms with Crippen molar-refractivity contribution in [1.82, 2.24) is 0 Å². The number of nitrogens with two attached hydrogens (primary N) is 1. The number of amides is 1. The minimum absolute atomic E-state index is 0.0731. The molecule has 1 aliphatic rings. The molecule has 2 atom stereocenters. The second kappa shape index (κ2) is 6.74. The van der Waals surface area contributed by atoms with Crippen molar-refractivity contribution in [2.45, 2.75) is 18.4 Å². The van der Waals surface area contributed by atoms with Gasteiger partial charge in [0.25, 0.3) is 0 Å². The lowest BCUT2D eigenvalue weighted by Crippen LogP contribution is -2.43. The van der Waals surface area contributed by atoms with Crippen LogP contribution in [-0.2, 0) is 9.53 Å². The number of esters is 1. The predicted octanol–water partition coefficient (Wildman–Crippen LogP) is 2.32. The van der Waals surface area contributed by atoms with Gasteiger partial charge in [0.05, 0.1) is 12.7 Å². The molecule has 5 heteroatoms. The van der Waals surface area contributed by atoms with E-state index >= 15 is 0 Å². The van der Waals surface area contributed by atoms with Crippen LogP contribution >= 0.6 is 0 Å². The van der Waals surface area contributed by atoms with Gasteiger partial charge in [-0.3, -0.25) is 4.79 Å². The van der Waals surface area contributed by atoms with Gasteiger partial charge < -0.3 is 15.4 Å². The lowest BCUT2D eigenvalue weighted by atomic mass is 9.91. The predicted molar refractivity (Wildman–Crippen MR) is 91.9 cm³/mol. The molecular weight excluding hydrogens is 304 g/mol. The lowest BCUT2D eigenvalue weighted by molar-refractivity contribution is -0.119. The van der Waals surface area contributed by atoms with Crippen molar-refractivity contribution in [1.29, 1.82) is 0 Å². The van der Waals surface area contributed by atoms with Crippen LogP contribution in [0, 0.1) is 0 Å². The van der Waals surface area contributed by atoms with Gasteiger partial charge in [0.15, 0.2) is 0 Å². The summed E-state index contributed by atoms with van der Waals surface area (Å²) in [6, 6.07) is 16.6. The van der Waals surface area contributed by atoms with Crippen LogP contribution in [0.15, 0.2) is 54.6 Å². The first kappa shape index (κ1) is 16.1. The van der Waals surface area contributed by atoms with Gasteiger partial charge in [-0.15, -0.1) is 0 Å². The second-order valence-electron chi connectivity index (χ2n) is 5.88. The number of primary amides is 1. The third-order valence-corrected chi connectivity index (χ3v) is 4.54. The number of carbonyl (C=O) groups excluding carboxylic acids is 2. The van der Waals surface area contributed by atoms with Crippen molar-refractivity contribution in [3.63, 3.8) is 0 Å². The zero-order chi connectivity index (χ0) is 17.1. The smallest absolute Gasteiger partial charge is 0.337 e. The average molecular weight is 324 g/mol. The molecule has 0 saturated carbocycles. The van der Waals surface area contributed by atoms with Gasteiger partial charge >= 0.3 is 5.97 Å². The Kier molecular flexibility index (Phi) is 4.51. The number of nitrogens with zero attached hydrogens (tertiary/aromatic N) is 1. The molecule has 124 valence electrons. The largest absolute Gasteiger partial charge is 0.465 e.